The van der Waals surface area contributed by atoms with Gasteiger partial charge in [-0.15, -0.1) is 0 Å². The van der Waals surface area contributed by atoms with Crippen molar-refractivity contribution in [1.29, 1.82) is 0 Å². The quantitative estimate of drug-likeness (QED) is 0.662. The van der Waals surface area contributed by atoms with Crippen molar-refractivity contribution in [2.45, 2.75) is 26.4 Å². The van der Waals surface area contributed by atoms with Crippen molar-refractivity contribution < 1.29 is 9.59 Å². The van der Waals surface area contributed by atoms with E-state index in [0.29, 0.717) is 6.54 Å². The largest absolute Gasteiger partial charge is 0.349 e. The van der Waals surface area contributed by atoms with Crippen molar-refractivity contribution in [1.82, 2.24) is 15.6 Å². The summed E-state index contributed by atoms with van der Waals surface area (Å²) in [7, 11) is 0. The molecule has 0 bridgehead atoms. The SMILES string of the molecule is CC(C)[C@H](N)C(=O)NCC(=O)NCc1ccccn1. The minimum absolute atomic E-state index is 0.0385. The third kappa shape index (κ3) is 5.48. The second-order valence-corrected chi connectivity index (χ2v) is 4.59. The molecule has 2 amide bonds. The number of pyridine rings is 1. The van der Waals surface area contributed by atoms with Gasteiger partial charge in [0.1, 0.15) is 0 Å². The highest BCUT2D eigenvalue weighted by Gasteiger charge is 2.17. The number of carbonyl (C=O) groups excluding carboxylic acids is 2. The van der Waals surface area contributed by atoms with E-state index in [1.165, 1.54) is 0 Å². The third-order valence-electron chi connectivity index (χ3n) is 2.64. The van der Waals surface area contributed by atoms with E-state index in [2.05, 4.69) is 15.6 Å². The number of rotatable bonds is 6. The summed E-state index contributed by atoms with van der Waals surface area (Å²) < 4.78 is 0. The van der Waals surface area contributed by atoms with Crippen LogP contribution in [0.5, 0.6) is 0 Å². The number of amides is 2. The fourth-order valence-corrected chi connectivity index (χ4v) is 1.34. The van der Waals surface area contributed by atoms with Gasteiger partial charge in [0.15, 0.2) is 0 Å². The van der Waals surface area contributed by atoms with Gasteiger partial charge in [0, 0.05) is 6.20 Å². The molecule has 6 nitrogen and oxygen atoms in total. The van der Waals surface area contributed by atoms with E-state index in [1.54, 1.807) is 12.3 Å². The number of carbonyl (C=O) groups is 2. The summed E-state index contributed by atoms with van der Waals surface area (Å²) in [5.41, 5.74) is 6.42. The molecule has 104 valence electrons. The minimum Gasteiger partial charge on any atom is -0.349 e. The Hall–Kier alpha value is -1.95. The number of hydrogen-bond acceptors (Lipinski definition) is 4. The highest BCUT2D eigenvalue weighted by molar-refractivity contribution is 5.87. The molecule has 4 N–H and O–H groups in total. The molecular weight excluding hydrogens is 244 g/mol. The predicted octanol–water partition coefficient (Wildman–Crippen LogP) is -0.203. The average Bonchev–Trinajstić information content (AvgIpc) is 2.42. The molecule has 0 spiro atoms. The normalized spacial score (nSPS) is 12.0. The Labute approximate surface area is 112 Å². The summed E-state index contributed by atoms with van der Waals surface area (Å²) in [6.45, 7) is 3.97. The summed E-state index contributed by atoms with van der Waals surface area (Å²) >= 11 is 0. The molecule has 1 rings (SSSR count). The van der Waals surface area contributed by atoms with E-state index < -0.39 is 6.04 Å². The fourth-order valence-electron chi connectivity index (χ4n) is 1.34. The maximum Gasteiger partial charge on any atom is 0.239 e. The Bertz CT molecular complexity index is 420. The van der Waals surface area contributed by atoms with Crippen LogP contribution in [0.1, 0.15) is 19.5 Å². The topological polar surface area (TPSA) is 97.1 Å². The minimum atomic E-state index is -0.594. The van der Waals surface area contributed by atoms with E-state index in [0.717, 1.165) is 5.69 Å². The summed E-state index contributed by atoms with van der Waals surface area (Å²) in [4.78, 5) is 27.1. The third-order valence-corrected chi connectivity index (χ3v) is 2.64. The fraction of sp³-hybridized carbons (Fsp3) is 0.462. The zero-order valence-electron chi connectivity index (χ0n) is 11.2. The lowest BCUT2D eigenvalue weighted by Crippen LogP contribution is -2.47. The smallest absolute Gasteiger partial charge is 0.239 e. The molecule has 6 heteroatoms. The number of hydrogen-bond donors (Lipinski definition) is 3. The summed E-state index contributed by atoms with van der Waals surface area (Å²) in [6.07, 6.45) is 1.66. The lowest BCUT2D eigenvalue weighted by Gasteiger charge is -2.15. The Morgan fingerprint density at radius 2 is 2.05 bits per heavy atom. The van der Waals surface area contributed by atoms with Gasteiger partial charge in [-0.3, -0.25) is 14.6 Å². The Morgan fingerprint density at radius 3 is 2.63 bits per heavy atom. The van der Waals surface area contributed by atoms with Crippen molar-refractivity contribution in [3.05, 3.63) is 30.1 Å². The van der Waals surface area contributed by atoms with Crippen LogP contribution in [-0.2, 0) is 16.1 Å². The Kier molecular flexibility index (Phi) is 5.95. The number of nitrogens with one attached hydrogen (secondary N) is 2. The maximum atomic E-state index is 11.5. The molecule has 1 aromatic rings. The number of aromatic nitrogens is 1. The van der Waals surface area contributed by atoms with Crippen LogP contribution in [0.3, 0.4) is 0 Å². The summed E-state index contributed by atoms with van der Waals surface area (Å²) in [6, 6.07) is 4.87. The molecule has 1 aromatic heterocycles. The van der Waals surface area contributed by atoms with Crippen LogP contribution >= 0.6 is 0 Å². The van der Waals surface area contributed by atoms with Crippen molar-refractivity contribution >= 4 is 11.8 Å². The molecule has 1 atom stereocenters. The first kappa shape index (κ1) is 15.1. The molecule has 0 fully saturated rings. The summed E-state index contributed by atoms with van der Waals surface area (Å²) in [5.74, 6) is -0.547. The van der Waals surface area contributed by atoms with Gasteiger partial charge >= 0.3 is 0 Å². The van der Waals surface area contributed by atoms with Crippen LogP contribution in [0.2, 0.25) is 0 Å². The van der Waals surface area contributed by atoms with E-state index >= 15 is 0 Å². The van der Waals surface area contributed by atoms with Gasteiger partial charge in [-0.25, -0.2) is 0 Å². The standard InChI is InChI=1S/C13H20N4O2/c1-9(2)12(14)13(19)17-8-11(18)16-7-10-5-3-4-6-15-10/h3-6,9,12H,7-8,14H2,1-2H3,(H,16,18)(H,17,19)/t12-/m0/s1. The van der Waals surface area contributed by atoms with Crippen LogP contribution in [0, 0.1) is 5.92 Å². The Morgan fingerprint density at radius 1 is 1.32 bits per heavy atom. The Balaban J connectivity index is 2.27. The zero-order valence-corrected chi connectivity index (χ0v) is 11.2. The van der Waals surface area contributed by atoms with Crippen molar-refractivity contribution in [2.24, 2.45) is 11.7 Å². The molecule has 1 heterocycles. The van der Waals surface area contributed by atoms with Crippen LogP contribution in [0.15, 0.2) is 24.4 Å². The van der Waals surface area contributed by atoms with Gasteiger partial charge in [0.2, 0.25) is 11.8 Å². The predicted molar refractivity (Wildman–Crippen MR) is 71.9 cm³/mol. The highest BCUT2D eigenvalue weighted by Crippen LogP contribution is 1.97. The first-order valence-electron chi connectivity index (χ1n) is 6.20. The van der Waals surface area contributed by atoms with Gasteiger partial charge in [-0.2, -0.15) is 0 Å². The van der Waals surface area contributed by atoms with Crippen LogP contribution < -0.4 is 16.4 Å². The first-order valence-corrected chi connectivity index (χ1v) is 6.20. The second kappa shape index (κ2) is 7.48. The van der Waals surface area contributed by atoms with E-state index in [-0.39, 0.29) is 24.3 Å². The van der Waals surface area contributed by atoms with E-state index in [1.807, 2.05) is 26.0 Å². The molecule has 0 aliphatic rings. The molecule has 0 saturated heterocycles. The molecule has 0 aliphatic carbocycles. The molecule has 0 radical (unpaired) electrons. The molecule has 0 unspecified atom stereocenters. The lowest BCUT2D eigenvalue weighted by atomic mass is 10.1. The van der Waals surface area contributed by atoms with Crippen molar-refractivity contribution in [3.63, 3.8) is 0 Å². The van der Waals surface area contributed by atoms with Crippen LogP contribution in [-0.4, -0.2) is 29.4 Å². The van der Waals surface area contributed by atoms with Gasteiger partial charge < -0.3 is 16.4 Å². The zero-order chi connectivity index (χ0) is 14.3. The van der Waals surface area contributed by atoms with E-state index in [4.69, 9.17) is 5.73 Å². The van der Waals surface area contributed by atoms with Crippen LogP contribution in [0.4, 0.5) is 0 Å². The molecule has 19 heavy (non-hydrogen) atoms. The molecule has 0 aromatic carbocycles. The lowest BCUT2D eigenvalue weighted by molar-refractivity contribution is -0.127. The van der Waals surface area contributed by atoms with Crippen LogP contribution in [0.25, 0.3) is 0 Å². The van der Waals surface area contributed by atoms with E-state index in [9.17, 15) is 9.59 Å². The second-order valence-electron chi connectivity index (χ2n) is 4.59. The average molecular weight is 264 g/mol. The highest BCUT2D eigenvalue weighted by atomic mass is 16.2. The van der Waals surface area contributed by atoms with Crippen molar-refractivity contribution in [2.75, 3.05) is 6.54 Å². The first-order chi connectivity index (χ1) is 9.00. The maximum absolute atomic E-state index is 11.5. The number of nitrogens with two attached hydrogens (primary N) is 1. The van der Waals surface area contributed by atoms with Gasteiger partial charge in [0.25, 0.3) is 0 Å². The summed E-state index contributed by atoms with van der Waals surface area (Å²) in [5, 5.41) is 5.17. The molecule has 0 saturated carbocycles. The van der Waals surface area contributed by atoms with Gasteiger partial charge in [-0.05, 0) is 18.1 Å². The van der Waals surface area contributed by atoms with Gasteiger partial charge in [-0.1, -0.05) is 19.9 Å². The van der Waals surface area contributed by atoms with Crippen molar-refractivity contribution in [3.8, 4) is 0 Å². The monoisotopic (exact) mass is 264 g/mol. The molecule has 0 aliphatic heterocycles. The number of nitrogens with zero attached hydrogens (tertiary/aromatic N) is 1. The molecular formula is C13H20N4O2. The van der Waals surface area contributed by atoms with Gasteiger partial charge in [0.05, 0.1) is 24.8 Å².